The average Bonchev–Trinajstić information content (AvgIpc) is 2.75. The minimum atomic E-state index is -4.43. The maximum Gasteiger partial charge on any atom is 0.416 e. The summed E-state index contributed by atoms with van der Waals surface area (Å²) >= 11 is 0. The zero-order valence-electron chi connectivity index (χ0n) is 19.3. The first kappa shape index (κ1) is 23.4. The lowest BCUT2D eigenvalue weighted by molar-refractivity contribution is -0.137. The van der Waals surface area contributed by atoms with Crippen molar-refractivity contribution < 1.29 is 18.3 Å². The summed E-state index contributed by atoms with van der Waals surface area (Å²) in [6, 6.07) is 9.23. The van der Waals surface area contributed by atoms with E-state index in [9.17, 15) is 18.3 Å². The summed E-state index contributed by atoms with van der Waals surface area (Å²) in [4.78, 5) is 6.48. The second-order valence-corrected chi connectivity index (χ2v) is 9.83. The predicted octanol–water partition coefficient (Wildman–Crippen LogP) is 6.99. The Morgan fingerprint density at radius 1 is 0.939 bits per heavy atom. The fourth-order valence-corrected chi connectivity index (χ4v) is 4.28. The number of likely N-dealkylation sites (tertiary alicyclic amines) is 1. The van der Waals surface area contributed by atoms with Gasteiger partial charge in [0.15, 0.2) is 0 Å². The van der Waals surface area contributed by atoms with Gasteiger partial charge in [-0.1, -0.05) is 39.3 Å². The molecule has 1 aromatic heterocycles. The summed E-state index contributed by atoms with van der Waals surface area (Å²) in [5.74, 6) is 0.172. The summed E-state index contributed by atoms with van der Waals surface area (Å²) in [5.41, 5.74) is 2.44. The number of hydrogen-bond donors (Lipinski definition) is 2. The van der Waals surface area contributed by atoms with Gasteiger partial charge in [0.1, 0.15) is 5.75 Å². The molecule has 1 aliphatic rings. The number of phenolic OH excluding ortho intramolecular Hbond substituents is 1. The molecule has 2 aromatic carbocycles. The highest BCUT2D eigenvalue weighted by Crippen LogP contribution is 2.39. The molecule has 1 saturated heterocycles. The fourth-order valence-electron chi connectivity index (χ4n) is 4.28. The first-order chi connectivity index (χ1) is 15.5. The number of aromatic hydroxyl groups is 1. The monoisotopic (exact) mass is 457 g/mol. The Kier molecular flexibility index (Phi) is 6.27. The molecule has 3 aromatic rings. The minimum Gasteiger partial charge on any atom is -0.505 e. The van der Waals surface area contributed by atoms with Crippen molar-refractivity contribution >= 4 is 22.3 Å². The van der Waals surface area contributed by atoms with Gasteiger partial charge < -0.3 is 10.4 Å². The highest BCUT2D eigenvalue weighted by atomic mass is 19.4. The van der Waals surface area contributed by atoms with Crippen molar-refractivity contribution in [1.29, 1.82) is 0 Å². The van der Waals surface area contributed by atoms with Crippen molar-refractivity contribution in [1.82, 2.24) is 9.88 Å². The van der Waals surface area contributed by atoms with Gasteiger partial charge in [0, 0.05) is 29.4 Å². The first-order valence-corrected chi connectivity index (χ1v) is 11.3. The molecule has 7 heteroatoms. The molecule has 0 radical (unpaired) electrons. The van der Waals surface area contributed by atoms with Crippen LogP contribution in [-0.2, 0) is 18.1 Å². The molecule has 0 bridgehead atoms. The second-order valence-electron chi connectivity index (χ2n) is 9.83. The van der Waals surface area contributed by atoms with Gasteiger partial charge in [-0.3, -0.25) is 9.88 Å². The molecule has 2 heterocycles. The van der Waals surface area contributed by atoms with E-state index >= 15 is 0 Å². The van der Waals surface area contributed by atoms with E-state index in [2.05, 4.69) is 42.0 Å². The number of rotatable bonds is 4. The normalized spacial score (nSPS) is 15.7. The molecule has 0 saturated carbocycles. The number of phenols is 1. The van der Waals surface area contributed by atoms with Crippen LogP contribution < -0.4 is 5.32 Å². The number of nitrogens with zero attached hydrogens (tertiary/aromatic N) is 2. The number of pyridine rings is 1. The molecular weight excluding hydrogens is 427 g/mol. The van der Waals surface area contributed by atoms with Crippen LogP contribution in [0.1, 0.15) is 56.7 Å². The smallest absolute Gasteiger partial charge is 0.416 e. The first-order valence-electron chi connectivity index (χ1n) is 11.3. The van der Waals surface area contributed by atoms with E-state index in [4.69, 9.17) is 0 Å². The predicted molar refractivity (Wildman–Crippen MR) is 126 cm³/mol. The third-order valence-corrected chi connectivity index (χ3v) is 6.24. The number of hydrogen-bond acceptors (Lipinski definition) is 4. The molecule has 0 atom stereocenters. The van der Waals surface area contributed by atoms with Crippen LogP contribution in [0.3, 0.4) is 0 Å². The Labute approximate surface area is 192 Å². The lowest BCUT2D eigenvalue weighted by atomic mass is 9.85. The number of halogens is 3. The molecule has 0 amide bonds. The Morgan fingerprint density at radius 3 is 2.33 bits per heavy atom. The Bertz CT molecular complexity index is 1150. The maximum atomic E-state index is 13.1. The number of piperidine rings is 1. The Hall–Kier alpha value is -2.80. The van der Waals surface area contributed by atoms with E-state index in [0.717, 1.165) is 49.2 Å². The molecule has 176 valence electrons. The molecular formula is C26H30F3N3O. The molecule has 4 rings (SSSR count). The van der Waals surface area contributed by atoms with E-state index in [1.165, 1.54) is 18.7 Å². The molecule has 1 aliphatic heterocycles. The van der Waals surface area contributed by atoms with Crippen molar-refractivity contribution in [3.05, 3.63) is 59.3 Å². The van der Waals surface area contributed by atoms with Crippen LogP contribution in [0.2, 0.25) is 0 Å². The van der Waals surface area contributed by atoms with Crippen LogP contribution in [-0.4, -0.2) is 28.1 Å². The van der Waals surface area contributed by atoms with Crippen LogP contribution in [0.15, 0.2) is 42.6 Å². The zero-order valence-corrected chi connectivity index (χ0v) is 19.3. The van der Waals surface area contributed by atoms with Crippen molar-refractivity contribution in [3.8, 4) is 5.75 Å². The molecule has 0 aliphatic carbocycles. The molecule has 0 unspecified atom stereocenters. The standard InChI is InChI=1S/C26H30F3N3O/c1-25(2,3)19-13-17(16-32-11-5-4-6-12-32)24(33)23(15-19)31-21-9-10-30-22-14-18(26(27,28)29)7-8-20(21)22/h7-10,13-15,33H,4-6,11-12,16H2,1-3H3,(H,30,31). The lowest BCUT2D eigenvalue weighted by Crippen LogP contribution is -2.29. The number of anilines is 2. The van der Waals surface area contributed by atoms with Gasteiger partial charge in [0.05, 0.1) is 16.8 Å². The van der Waals surface area contributed by atoms with Crippen LogP contribution in [0.25, 0.3) is 10.9 Å². The van der Waals surface area contributed by atoms with Crippen molar-refractivity contribution in [2.75, 3.05) is 18.4 Å². The van der Waals surface area contributed by atoms with Gasteiger partial charge in [-0.05, 0) is 61.2 Å². The highest BCUT2D eigenvalue weighted by molar-refractivity contribution is 5.93. The second kappa shape index (κ2) is 8.86. The quantitative estimate of drug-likeness (QED) is 0.415. The summed E-state index contributed by atoms with van der Waals surface area (Å²) in [7, 11) is 0. The van der Waals surface area contributed by atoms with Gasteiger partial charge in [-0.2, -0.15) is 13.2 Å². The van der Waals surface area contributed by atoms with Gasteiger partial charge in [-0.15, -0.1) is 0 Å². The maximum absolute atomic E-state index is 13.1. The van der Waals surface area contributed by atoms with Crippen molar-refractivity contribution in [2.45, 2.75) is 58.2 Å². The number of nitrogens with one attached hydrogen (secondary N) is 1. The number of alkyl halides is 3. The number of benzene rings is 2. The SMILES string of the molecule is CC(C)(C)c1cc(CN2CCCCC2)c(O)c(Nc2ccnc3cc(C(F)(F)F)ccc23)c1. The summed E-state index contributed by atoms with van der Waals surface area (Å²) in [6.07, 6.45) is 0.607. The Morgan fingerprint density at radius 2 is 1.67 bits per heavy atom. The topological polar surface area (TPSA) is 48.4 Å². The van der Waals surface area contributed by atoms with E-state index in [0.29, 0.717) is 23.3 Å². The number of fused-ring (bicyclic) bond motifs is 1. The van der Waals surface area contributed by atoms with E-state index < -0.39 is 11.7 Å². The van der Waals surface area contributed by atoms with Gasteiger partial charge in [-0.25, -0.2) is 0 Å². The van der Waals surface area contributed by atoms with Crippen LogP contribution in [0.5, 0.6) is 5.75 Å². The highest BCUT2D eigenvalue weighted by Gasteiger charge is 2.30. The summed E-state index contributed by atoms with van der Waals surface area (Å²) < 4.78 is 39.4. The zero-order chi connectivity index (χ0) is 23.8. The fraction of sp³-hybridized carbons (Fsp3) is 0.423. The van der Waals surface area contributed by atoms with Gasteiger partial charge >= 0.3 is 6.18 Å². The molecule has 2 N–H and O–H groups in total. The van der Waals surface area contributed by atoms with Crippen LogP contribution >= 0.6 is 0 Å². The van der Waals surface area contributed by atoms with Crippen LogP contribution in [0, 0.1) is 0 Å². The van der Waals surface area contributed by atoms with Gasteiger partial charge in [0.25, 0.3) is 0 Å². The average molecular weight is 458 g/mol. The molecule has 1 fully saturated rings. The Balaban J connectivity index is 1.74. The molecule has 4 nitrogen and oxygen atoms in total. The number of aromatic nitrogens is 1. The van der Waals surface area contributed by atoms with Gasteiger partial charge in [0.2, 0.25) is 0 Å². The van der Waals surface area contributed by atoms with E-state index in [-0.39, 0.29) is 16.7 Å². The lowest BCUT2D eigenvalue weighted by Gasteiger charge is -2.28. The van der Waals surface area contributed by atoms with E-state index in [1.54, 1.807) is 6.07 Å². The van der Waals surface area contributed by atoms with Crippen molar-refractivity contribution in [2.24, 2.45) is 0 Å². The largest absolute Gasteiger partial charge is 0.505 e. The summed E-state index contributed by atoms with van der Waals surface area (Å²) in [5, 5.41) is 15.0. The molecule has 33 heavy (non-hydrogen) atoms. The third kappa shape index (κ3) is 5.24. The summed E-state index contributed by atoms with van der Waals surface area (Å²) in [6.45, 7) is 9.05. The third-order valence-electron chi connectivity index (χ3n) is 6.24. The minimum absolute atomic E-state index is 0.136. The molecule has 0 spiro atoms. The van der Waals surface area contributed by atoms with E-state index in [1.807, 2.05) is 6.07 Å². The van der Waals surface area contributed by atoms with Crippen LogP contribution in [0.4, 0.5) is 24.5 Å². The van der Waals surface area contributed by atoms with Crippen molar-refractivity contribution in [3.63, 3.8) is 0 Å².